The fraction of sp³-hybridized carbons (Fsp3) is 0.800. The maximum Gasteiger partial charge on any atom is 0.508 e. The fourth-order valence-electron chi connectivity index (χ4n) is 0.285. The van der Waals surface area contributed by atoms with E-state index in [-0.39, 0.29) is 13.2 Å². The summed E-state index contributed by atoms with van der Waals surface area (Å²) in [6.07, 6.45) is -1.03. The number of halogens is 2. The van der Waals surface area contributed by atoms with Gasteiger partial charge in [0.2, 0.25) is 0 Å². The lowest BCUT2D eigenvalue weighted by Gasteiger charge is -2.00. The number of hydrogen-bond donors (Lipinski definition) is 0. The van der Waals surface area contributed by atoms with Gasteiger partial charge in [0.1, 0.15) is 26.6 Å². The second-order valence-corrected chi connectivity index (χ2v) is 1.32. The molecule has 0 rings (SSSR count). The van der Waals surface area contributed by atoms with Crippen molar-refractivity contribution in [1.82, 2.24) is 0 Å². The molecule has 0 aliphatic rings. The molecule has 0 saturated carbocycles. The Balaban J connectivity index is 3.09. The van der Waals surface area contributed by atoms with Crippen molar-refractivity contribution in [3.8, 4) is 0 Å². The molecule has 0 heterocycles. The Labute approximate surface area is 56.9 Å². The normalized spacial score (nSPS) is 9.00. The monoisotopic (exact) mass is 154 g/mol. The molecule has 0 N–H and O–H groups in total. The van der Waals surface area contributed by atoms with E-state index in [9.17, 15) is 13.6 Å². The lowest BCUT2D eigenvalue weighted by Crippen LogP contribution is -2.10. The van der Waals surface area contributed by atoms with E-state index in [2.05, 4.69) is 9.47 Å². The molecular weight excluding hydrogens is 146 g/mol. The number of alkyl halides is 2. The summed E-state index contributed by atoms with van der Waals surface area (Å²) in [7, 11) is 0. The molecule has 0 amide bonds. The van der Waals surface area contributed by atoms with Gasteiger partial charge in [0, 0.05) is 0 Å². The van der Waals surface area contributed by atoms with Gasteiger partial charge in [-0.15, -0.1) is 0 Å². The highest BCUT2D eigenvalue weighted by molar-refractivity contribution is 5.59. The van der Waals surface area contributed by atoms with Gasteiger partial charge in [-0.1, -0.05) is 0 Å². The van der Waals surface area contributed by atoms with Gasteiger partial charge in [-0.2, -0.15) is 0 Å². The highest BCUT2D eigenvalue weighted by Gasteiger charge is 2.00. The van der Waals surface area contributed by atoms with Crippen molar-refractivity contribution in [1.29, 1.82) is 0 Å². The molecule has 0 spiro atoms. The third kappa shape index (κ3) is 5.27. The zero-order valence-corrected chi connectivity index (χ0v) is 5.31. The molecule has 0 aromatic heterocycles. The number of carbonyl (C=O) groups excluding carboxylic acids is 1. The average molecular weight is 154 g/mol. The Kier molecular flexibility index (Phi) is 5.71. The Morgan fingerprint density at radius 3 is 1.80 bits per heavy atom. The third-order valence-corrected chi connectivity index (χ3v) is 0.594. The van der Waals surface area contributed by atoms with Crippen LogP contribution in [0.5, 0.6) is 0 Å². The zero-order valence-electron chi connectivity index (χ0n) is 5.31. The standard InChI is InChI=1S/C5H8F2O3/c6-1-3-9-5(8)10-4-2-7/h1-4H2. The van der Waals surface area contributed by atoms with Gasteiger partial charge in [-0.05, 0) is 0 Å². The van der Waals surface area contributed by atoms with E-state index >= 15 is 0 Å². The first-order valence-corrected chi connectivity index (χ1v) is 2.72. The maximum atomic E-state index is 11.3. The number of hydrogen-bond acceptors (Lipinski definition) is 3. The van der Waals surface area contributed by atoms with Crippen LogP contribution in [0.15, 0.2) is 0 Å². The molecule has 60 valence electrons. The van der Waals surface area contributed by atoms with Crippen molar-refractivity contribution >= 4 is 6.16 Å². The summed E-state index contributed by atoms with van der Waals surface area (Å²) in [4.78, 5) is 10.2. The highest BCUT2D eigenvalue weighted by Crippen LogP contribution is 1.85. The summed E-state index contributed by atoms with van der Waals surface area (Å²) in [5.74, 6) is 0. The van der Waals surface area contributed by atoms with E-state index in [0.717, 1.165) is 0 Å². The minimum atomic E-state index is -1.03. The summed E-state index contributed by atoms with van der Waals surface area (Å²) in [6, 6.07) is 0. The quantitative estimate of drug-likeness (QED) is 0.568. The molecule has 0 atom stereocenters. The topological polar surface area (TPSA) is 35.5 Å². The van der Waals surface area contributed by atoms with Crippen LogP contribution in [0, 0.1) is 0 Å². The molecule has 10 heavy (non-hydrogen) atoms. The number of rotatable bonds is 4. The summed E-state index contributed by atoms with van der Waals surface area (Å²) in [5, 5.41) is 0. The molecule has 0 aromatic rings. The minimum Gasteiger partial charge on any atom is -0.432 e. The van der Waals surface area contributed by atoms with Gasteiger partial charge < -0.3 is 9.47 Å². The van der Waals surface area contributed by atoms with Crippen molar-refractivity contribution in [2.45, 2.75) is 0 Å². The second-order valence-electron chi connectivity index (χ2n) is 1.32. The van der Waals surface area contributed by atoms with Gasteiger partial charge in [0.25, 0.3) is 0 Å². The lowest BCUT2D eigenvalue weighted by molar-refractivity contribution is 0.0475. The van der Waals surface area contributed by atoms with Crippen LogP contribution in [0.3, 0.4) is 0 Å². The third-order valence-electron chi connectivity index (χ3n) is 0.594. The Morgan fingerprint density at radius 2 is 1.50 bits per heavy atom. The SMILES string of the molecule is O=C(OCCF)OCCF. The van der Waals surface area contributed by atoms with Crippen molar-refractivity contribution < 1.29 is 23.0 Å². The predicted molar refractivity (Wildman–Crippen MR) is 29.2 cm³/mol. The molecule has 0 fully saturated rings. The smallest absolute Gasteiger partial charge is 0.432 e. The van der Waals surface area contributed by atoms with Gasteiger partial charge in [0.05, 0.1) is 0 Å². The summed E-state index contributed by atoms with van der Waals surface area (Å²) in [6.45, 7) is -2.20. The van der Waals surface area contributed by atoms with Crippen molar-refractivity contribution in [3.63, 3.8) is 0 Å². The van der Waals surface area contributed by atoms with Crippen LogP contribution in [0.1, 0.15) is 0 Å². The zero-order chi connectivity index (χ0) is 7.82. The van der Waals surface area contributed by atoms with Crippen molar-refractivity contribution in [2.24, 2.45) is 0 Å². The first-order valence-electron chi connectivity index (χ1n) is 2.72. The molecule has 5 heteroatoms. The van der Waals surface area contributed by atoms with Gasteiger partial charge in [-0.3, -0.25) is 0 Å². The Hall–Kier alpha value is -0.870. The van der Waals surface area contributed by atoms with E-state index in [1.54, 1.807) is 0 Å². The number of ether oxygens (including phenoxy) is 2. The van der Waals surface area contributed by atoms with E-state index in [4.69, 9.17) is 0 Å². The Bertz CT molecular complexity index is 86.9. The van der Waals surface area contributed by atoms with Gasteiger partial charge in [-0.25, -0.2) is 13.6 Å². The molecule has 0 radical (unpaired) electrons. The van der Waals surface area contributed by atoms with Crippen LogP contribution in [0.2, 0.25) is 0 Å². The minimum absolute atomic E-state index is 0.342. The van der Waals surface area contributed by atoms with Crippen LogP contribution >= 0.6 is 0 Å². The van der Waals surface area contributed by atoms with E-state index in [0.29, 0.717) is 0 Å². The second kappa shape index (κ2) is 6.25. The molecule has 0 aliphatic heterocycles. The summed E-state index contributed by atoms with van der Waals surface area (Å²) in [5.41, 5.74) is 0. The van der Waals surface area contributed by atoms with Crippen molar-refractivity contribution in [3.05, 3.63) is 0 Å². The van der Waals surface area contributed by atoms with Crippen molar-refractivity contribution in [2.75, 3.05) is 26.6 Å². The van der Waals surface area contributed by atoms with Crippen LogP contribution < -0.4 is 0 Å². The molecule has 0 saturated heterocycles. The first kappa shape index (κ1) is 9.13. The molecule has 0 aromatic carbocycles. The molecule has 3 nitrogen and oxygen atoms in total. The molecule has 0 bridgehead atoms. The van der Waals surface area contributed by atoms with Crippen LogP contribution in [-0.2, 0) is 9.47 Å². The average Bonchev–Trinajstić information content (AvgIpc) is 1.97. The molecular formula is C5H8F2O3. The first-order chi connectivity index (χ1) is 4.81. The lowest BCUT2D eigenvalue weighted by atomic mass is 10.8. The van der Waals surface area contributed by atoms with Crippen LogP contribution in [0.25, 0.3) is 0 Å². The number of carbonyl (C=O) groups is 1. The largest absolute Gasteiger partial charge is 0.508 e. The summed E-state index contributed by atoms with van der Waals surface area (Å²) < 4.78 is 30.7. The predicted octanol–water partition coefficient (Wildman–Crippen LogP) is 1.08. The fourth-order valence-corrected chi connectivity index (χ4v) is 0.285. The van der Waals surface area contributed by atoms with E-state index in [1.807, 2.05) is 0 Å². The van der Waals surface area contributed by atoms with Crippen LogP contribution in [-0.4, -0.2) is 32.7 Å². The highest BCUT2D eigenvalue weighted by atomic mass is 19.1. The van der Waals surface area contributed by atoms with Gasteiger partial charge >= 0.3 is 6.16 Å². The molecule has 0 aliphatic carbocycles. The van der Waals surface area contributed by atoms with E-state index < -0.39 is 19.5 Å². The van der Waals surface area contributed by atoms with Gasteiger partial charge in [0.15, 0.2) is 0 Å². The maximum absolute atomic E-state index is 11.3. The summed E-state index contributed by atoms with van der Waals surface area (Å²) >= 11 is 0. The van der Waals surface area contributed by atoms with E-state index in [1.165, 1.54) is 0 Å². The molecule has 0 unspecified atom stereocenters. The van der Waals surface area contributed by atoms with Crippen LogP contribution in [0.4, 0.5) is 13.6 Å². The Morgan fingerprint density at radius 1 is 1.10 bits per heavy atom.